The predicted molar refractivity (Wildman–Crippen MR) is 88.7 cm³/mol. The molecule has 1 saturated carbocycles. The Morgan fingerprint density at radius 1 is 1.18 bits per heavy atom. The van der Waals surface area contributed by atoms with Crippen LogP contribution in [0.1, 0.15) is 51.7 Å². The number of aryl methyl sites for hydroxylation is 2. The van der Waals surface area contributed by atoms with Gasteiger partial charge in [0.25, 0.3) is 0 Å². The summed E-state index contributed by atoms with van der Waals surface area (Å²) in [5.41, 5.74) is 1.76. The predicted octanol–water partition coefficient (Wildman–Crippen LogP) is 3.19. The fraction of sp³-hybridized carbons (Fsp3) is 0.556. The van der Waals surface area contributed by atoms with Crippen molar-refractivity contribution in [3.8, 4) is 0 Å². The summed E-state index contributed by atoms with van der Waals surface area (Å²) in [6.07, 6.45) is 2.08. The van der Waals surface area contributed by atoms with Crippen LogP contribution in [0.4, 0.5) is 5.69 Å². The smallest absolute Gasteiger partial charge is 0.240 e. The number of para-hydroxylation sites is 1. The first-order chi connectivity index (χ1) is 10.2. The molecule has 1 aromatic carbocycles. The van der Waals surface area contributed by atoms with Crippen molar-refractivity contribution in [1.29, 1.82) is 0 Å². The maximum Gasteiger partial charge on any atom is 0.240 e. The maximum atomic E-state index is 12.7. The number of carbonyl (C=O) groups excluding carboxylic acids is 2. The zero-order valence-electron chi connectivity index (χ0n) is 14.2. The molecule has 0 atom stereocenters. The fourth-order valence-corrected chi connectivity index (χ4v) is 2.58. The standard InChI is InChI=1S/C18H26N2O2/c1-6-13-9-7-8-12(2)14(13)19-15(21)18(10-11-18)16(22)20-17(3,4)5/h7-9H,6,10-11H2,1-5H3,(H,19,21)(H,20,22). The molecule has 4 nitrogen and oxygen atoms in total. The fourth-order valence-electron chi connectivity index (χ4n) is 2.58. The monoisotopic (exact) mass is 302 g/mol. The molecule has 0 aromatic heterocycles. The highest BCUT2D eigenvalue weighted by Gasteiger charge is 2.57. The molecule has 1 aliphatic carbocycles. The van der Waals surface area contributed by atoms with Gasteiger partial charge in [-0.05, 0) is 58.1 Å². The van der Waals surface area contributed by atoms with E-state index in [1.54, 1.807) is 0 Å². The van der Waals surface area contributed by atoms with Crippen LogP contribution in [0, 0.1) is 12.3 Å². The van der Waals surface area contributed by atoms with Crippen LogP contribution in [0.2, 0.25) is 0 Å². The van der Waals surface area contributed by atoms with Gasteiger partial charge in [0.05, 0.1) is 0 Å². The summed E-state index contributed by atoms with van der Waals surface area (Å²) in [5.74, 6) is -0.345. The van der Waals surface area contributed by atoms with Crippen molar-refractivity contribution in [1.82, 2.24) is 5.32 Å². The van der Waals surface area contributed by atoms with E-state index in [0.29, 0.717) is 12.8 Å². The van der Waals surface area contributed by atoms with Crippen molar-refractivity contribution in [3.63, 3.8) is 0 Å². The summed E-state index contributed by atoms with van der Waals surface area (Å²) < 4.78 is 0. The average molecular weight is 302 g/mol. The molecule has 1 aliphatic rings. The molecule has 1 fully saturated rings. The second kappa shape index (κ2) is 5.75. The number of amides is 2. The lowest BCUT2D eigenvalue weighted by Crippen LogP contribution is -2.48. The molecular weight excluding hydrogens is 276 g/mol. The summed E-state index contributed by atoms with van der Waals surface area (Å²) in [6.45, 7) is 9.81. The third-order valence-electron chi connectivity index (χ3n) is 4.09. The minimum atomic E-state index is -0.888. The second-order valence-electron chi connectivity index (χ2n) is 7.20. The lowest BCUT2D eigenvalue weighted by atomic mass is 10.00. The minimum Gasteiger partial charge on any atom is -0.351 e. The molecule has 120 valence electrons. The third-order valence-corrected chi connectivity index (χ3v) is 4.09. The molecule has 2 N–H and O–H groups in total. The molecule has 4 heteroatoms. The number of benzene rings is 1. The van der Waals surface area contributed by atoms with Gasteiger partial charge in [-0.1, -0.05) is 25.1 Å². The summed E-state index contributed by atoms with van der Waals surface area (Å²) >= 11 is 0. The van der Waals surface area contributed by atoms with Crippen LogP contribution in [0.3, 0.4) is 0 Å². The van der Waals surface area contributed by atoms with E-state index in [1.165, 1.54) is 0 Å². The van der Waals surface area contributed by atoms with Gasteiger partial charge in [-0.25, -0.2) is 0 Å². The van der Waals surface area contributed by atoms with Gasteiger partial charge in [-0.15, -0.1) is 0 Å². The Labute approximate surface area is 132 Å². The number of hydrogen-bond acceptors (Lipinski definition) is 2. The lowest BCUT2D eigenvalue weighted by Gasteiger charge is -2.25. The number of rotatable bonds is 4. The first kappa shape index (κ1) is 16.5. The molecule has 22 heavy (non-hydrogen) atoms. The topological polar surface area (TPSA) is 58.2 Å². The number of hydrogen-bond donors (Lipinski definition) is 2. The maximum absolute atomic E-state index is 12.7. The van der Waals surface area contributed by atoms with Gasteiger partial charge < -0.3 is 10.6 Å². The van der Waals surface area contributed by atoms with Crippen LogP contribution in [-0.2, 0) is 16.0 Å². The lowest BCUT2D eigenvalue weighted by molar-refractivity contribution is -0.135. The Kier molecular flexibility index (Phi) is 4.32. The molecular formula is C18H26N2O2. The van der Waals surface area contributed by atoms with Gasteiger partial charge in [0.1, 0.15) is 5.41 Å². The third kappa shape index (κ3) is 3.32. The molecule has 0 heterocycles. The van der Waals surface area contributed by atoms with Crippen LogP contribution in [-0.4, -0.2) is 17.4 Å². The van der Waals surface area contributed by atoms with Crippen molar-refractivity contribution >= 4 is 17.5 Å². The normalized spacial score (nSPS) is 16.0. The highest BCUT2D eigenvalue weighted by Crippen LogP contribution is 2.47. The number of carbonyl (C=O) groups is 2. The Hall–Kier alpha value is -1.84. The van der Waals surface area contributed by atoms with Gasteiger partial charge in [0, 0.05) is 11.2 Å². The van der Waals surface area contributed by atoms with Gasteiger partial charge in [0.15, 0.2) is 0 Å². The molecule has 0 unspecified atom stereocenters. The first-order valence-electron chi connectivity index (χ1n) is 7.92. The van der Waals surface area contributed by atoms with E-state index in [4.69, 9.17) is 0 Å². The molecule has 0 radical (unpaired) electrons. The Balaban J connectivity index is 2.18. The zero-order chi connectivity index (χ0) is 16.5. The molecule has 0 bridgehead atoms. The van der Waals surface area contributed by atoms with Gasteiger partial charge >= 0.3 is 0 Å². The van der Waals surface area contributed by atoms with Crippen molar-refractivity contribution in [2.24, 2.45) is 5.41 Å². The van der Waals surface area contributed by atoms with E-state index in [1.807, 2.05) is 45.9 Å². The SMILES string of the molecule is CCc1cccc(C)c1NC(=O)C1(C(=O)NC(C)(C)C)CC1. The van der Waals surface area contributed by atoms with Crippen molar-refractivity contribution in [2.45, 2.75) is 59.4 Å². The molecule has 2 rings (SSSR count). The van der Waals surface area contributed by atoms with E-state index in [2.05, 4.69) is 17.6 Å². The summed E-state index contributed by atoms with van der Waals surface area (Å²) in [5, 5.41) is 5.93. The highest BCUT2D eigenvalue weighted by atomic mass is 16.2. The highest BCUT2D eigenvalue weighted by molar-refractivity contribution is 6.13. The Morgan fingerprint density at radius 3 is 2.32 bits per heavy atom. The van der Waals surface area contributed by atoms with Crippen LogP contribution in [0.25, 0.3) is 0 Å². The molecule has 0 saturated heterocycles. The van der Waals surface area contributed by atoms with Crippen LogP contribution in [0.5, 0.6) is 0 Å². The largest absolute Gasteiger partial charge is 0.351 e. The molecule has 1 aromatic rings. The summed E-state index contributed by atoms with van der Waals surface area (Å²) in [6, 6.07) is 5.98. The van der Waals surface area contributed by atoms with Crippen molar-refractivity contribution < 1.29 is 9.59 Å². The Bertz CT molecular complexity index is 596. The average Bonchev–Trinajstić information content (AvgIpc) is 3.20. The van der Waals surface area contributed by atoms with Crippen LogP contribution in [0.15, 0.2) is 18.2 Å². The second-order valence-corrected chi connectivity index (χ2v) is 7.20. The first-order valence-corrected chi connectivity index (χ1v) is 7.92. The van der Waals surface area contributed by atoms with Gasteiger partial charge in [0.2, 0.25) is 11.8 Å². The summed E-state index contributed by atoms with van der Waals surface area (Å²) in [7, 11) is 0. The van der Waals surface area contributed by atoms with E-state index < -0.39 is 5.41 Å². The van der Waals surface area contributed by atoms with E-state index in [-0.39, 0.29) is 17.4 Å². The van der Waals surface area contributed by atoms with Crippen LogP contribution < -0.4 is 10.6 Å². The quantitative estimate of drug-likeness (QED) is 0.839. The summed E-state index contributed by atoms with van der Waals surface area (Å²) in [4.78, 5) is 25.1. The molecule has 0 spiro atoms. The van der Waals surface area contributed by atoms with Crippen molar-refractivity contribution in [2.75, 3.05) is 5.32 Å². The van der Waals surface area contributed by atoms with E-state index in [9.17, 15) is 9.59 Å². The van der Waals surface area contributed by atoms with E-state index >= 15 is 0 Å². The Morgan fingerprint density at radius 2 is 1.82 bits per heavy atom. The zero-order valence-corrected chi connectivity index (χ0v) is 14.2. The van der Waals surface area contributed by atoms with Gasteiger partial charge in [-0.2, -0.15) is 0 Å². The molecule has 2 amide bonds. The van der Waals surface area contributed by atoms with Crippen molar-refractivity contribution in [3.05, 3.63) is 29.3 Å². The molecule has 0 aliphatic heterocycles. The number of nitrogens with one attached hydrogen (secondary N) is 2. The van der Waals surface area contributed by atoms with Gasteiger partial charge in [-0.3, -0.25) is 9.59 Å². The van der Waals surface area contributed by atoms with E-state index in [0.717, 1.165) is 23.2 Å². The number of anilines is 1. The minimum absolute atomic E-state index is 0.163. The van der Waals surface area contributed by atoms with Crippen LogP contribution >= 0.6 is 0 Å².